The van der Waals surface area contributed by atoms with Gasteiger partial charge >= 0.3 is 0 Å². The van der Waals surface area contributed by atoms with Crippen LogP contribution in [0.25, 0.3) is 0 Å². The molecule has 1 N–H and O–H groups in total. The molecule has 1 unspecified atom stereocenters. The van der Waals surface area contributed by atoms with Crippen molar-refractivity contribution in [3.63, 3.8) is 0 Å². The van der Waals surface area contributed by atoms with Gasteiger partial charge in [-0.15, -0.1) is 0 Å². The second-order valence-corrected chi connectivity index (χ2v) is 3.90. The predicted octanol–water partition coefficient (Wildman–Crippen LogP) is 0.947. The van der Waals surface area contributed by atoms with E-state index in [4.69, 9.17) is 5.11 Å². The van der Waals surface area contributed by atoms with Crippen LogP contribution < -0.4 is 0 Å². The second-order valence-electron chi connectivity index (χ2n) is 1.97. The van der Waals surface area contributed by atoms with Crippen LogP contribution >= 0.6 is 24.4 Å². The molecule has 0 aliphatic rings. The molecular weight excluding hydrogens is 168 g/mol. The van der Waals surface area contributed by atoms with Gasteiger partial charge in [0, 0.05) is 24.5 Å². The van der Waals surface area contributed by atoms with Crippen molar-refractivity contribution in [3.05, 3.63) is 0 Å². The molecule has 0 aliphatic heterocycles. The molecule has 0 aromatic rings. The predicted molar refractivity (Wildman–Crippen MR) is 47.6 cm³/mol. The van der Waals surface area contributed by atoms with Gasteiger partial charge in [0.1, 0.15) is 0 Å². The van der Waals surface area contributed by atoms with Crippen LogP contribution in [-0.4, -0.2) is 27.8 Å². The Morgan fingerprint density at radius 2 is 2.40 bits per heavy atom. The Morgan fingerprint density at radius 1 is 1.80 bits per heavy atom. The van der Waals surface area contributed by atoms with E-state index in [9.17, 15) is 4.79 Å². The van der Waals surface area contributed by atoms with E-state index >= 15 is 0 Å². The normalized spacial score (nSPS) is 13.1. The maximum absolute atomic E-state index is 10.4. The van der Waals surface area contributed by atoms with Crippen molar-refractivity contribution in [1.29, 1.82) is 0 Å². The van der Waals surface area contributed by atoms with Gasteiger partial charge in [-0.25, -0.2) is 0 Å². The summed E-state index contributed by atoms with van der Waals surface area (Å²) in [5.74, 6) is 0.693. The standard InChI is InChI=1S/C6H12O2S2/c1-5(8)10-4-6(9)2-3-7/h6-7,9H,2-4H2,1H3. The molecule has 1 atom stereocenters. The number of carbonyl (C=O) groups excluding carboxylic acids is 1. The first kappa shape index (κ1) is 10.3. The zero-order chi connectivity index (χ0) is 7.98. The highest BCUT2D eigenvalue weighted by atomic mass is 32.2. The Balaban J connectivity index is 3.21. The van der Waals surface area contributed by atoms with Gasteiger partial charge in [-0.3, -0.25) is 4.79 Å². The van der Waals surface area contributed by atoms with Crippen LogP contribution in [-0.2, 0) is 4.79 Å². The second kappa shape index (κ2) is 6.07. The summed E-state index contributed by atoms with van der Waals surface area (Å²) in [4.78, 5) is 10.4. The Hall–Kier alpha value is 0.330. The SMILES string of the molecule is CC(=O)SCC(S)CCO. The van der Waals surface area contributed by atoms with Crippen molar-refractivity contribution in [2.45, 2.75) is 18.6 Å². The van der Waals surface area contributed by atoms with Crippen molar-refractivity contribution >= 4 is 29.5 Å². The Kier molecular flexibility index (Phi) is 6.27. The summed E-state index contributed by atoms with van der Waals surface area (Å²) >= 11 is 5.40. The number of carbonyl (C=O) groups is 1. The molecule has 60 valence electrons. The largest absolute Gasteiger partial charge is 0.396 e. The van der Waals surface area contributed by atoms with E-state index < -0.39 is 0 Å². The maximum Gasteiger partial charge on any atom is 0.185 e. The number of hydrogen-bond donors (Lipinski definition) is 2. The lowest BCUT2D eigenvalue weighted by molar-refractivity contribution is -0.109. The first-order chi connectivity index (χ1) is 4.66. The number of thioether (sulfide) groups is 1. The quantitative estimate of drug-likeness (QED) is 0.632. The number of thiol groups is 1. The number of rotatable bonds is 4. The average Bonchev–Trinajstić information content (AvgIpc) is 1.85. The summed E-state index contributed by atoms with van der Waals surface area (Å²) in [5, 5.41) is 8.71. The molecule has 2 nitrogen and oxygen atoms in total. The number of aliphatic hydroxyl groups excluding tert-OH is 1. The van der Waals surface area contributed by atoms with Crippen LogP contribution in [0.3, 0.4) is 0 Å². The molecule has 0 aliphatic carbocycles. The summed E-state index contributed by atoms with van der Waals surface area (Å²) in [5.41, 5.74) is 0. The molecule has 0 amide bonds. The monoisotopic (exact) mass is 180 g/mol. The van der Waals surface area contributed by atoms with Crippen molar-refractivity contribution in [3.8, 4) is 0 Å². The maximum atomic E-state index is 10.4. The number of aliphatic hydroxyl groups is 1. The summed E-state index contributed by atoms with van der Waals surface area (Å²) < 4.78 is 0. The molecule has 4 heteroatoms. The lowest BCUT2D eigenvalue weighted by Crippen LogP contribution is -2.06. The molecule has 0 saturated heterocycles. The minimum absolute atomic E-state index is 0.108. The van der Waals surface area contributed by atoms with Gasteiger partial charge in [-0.2, -0.15) is 12.6 Å². The van der Waals surface area contributed by atoms with Crippen molar-refractivity contribution in [2.24, 2.45) is 0 Å². The fraction of sp³-hybridized carbons (Fsp3) is 0.833. The summed E-state index contributed by atoms with van der Waals surface area (Å²) in [7, 11) is 0. The topological polar surface area (TPSA) is 37.3 Å². The average molecular weight is 180 g/mol. The molecule has 0 heterocycles. The van der Waals surface area contributed by atoms with Gasteiger partial charge in [-0.1, -0.05) is 11.8 Å². The lowest BCUT2D eigenvalue weighted by atomic mass is 10.3. The zero-order valence-electron chi connectivity index (χ0n) is 5.91. The van der Waals surface area contributed by atoms with E-state index in [0.29, 0.717) is 12.2 Å². The first-order valence-electron chi connectivity index (χ1n) is 3.09. The Labute approximate surface area is 70.8 Å². The third-order valence-corrected chi connectivity index (χ3v) is 2.60. The molecule has 0 aromatic carbocycles. The van der Waals surface area contributed by atoms with Crippen LogP contribution in [0, 0.1) is 0 Å². The molecule has 0 radical (unpaired) electrons. The Bertz CT molecular complexity index is 106. The van der Waals surface area contributed by atoms with E-state index in [1.165, 1.54) is 18.7 Å². The molecule has 0 spiro atoms. The smallest absolute Gasteiger partial charge is 0.185 e. The summed E-state index contributed by atoms with van der Waals surface area (Å²) in [6.07, 6.45) is 0.656. The molecule has 10 heavy (non-hydrogen) atoms. The van der Waals surface area contributed by atoms with Crippen molar-refractivity contribution in [1.82, 2.24) is 0 Å². The fourth-order valence-electron chi connectivity index (χ4n) is 0.446. The van der Waals surface area contributed by atoms with Crippen molar-refractivity contribution in [2.75, 3.05) is 12.4 Å². The molecular formula is C6H12O2S2. The zero-order valence-corrected chi connectivity index (χ0v) is 7.62. The highest BCUT2D eigenvalue weighted by Crippen LogP contribution is 2.10. The third-order valence-electron chi connectivity index (χ3n) is 0.941. The van der Waals surface area contributed by atoms with Gasteiger partial charge < -0.3 is 5.11 Å². The first-order valence-corrected chi connectivity index (χ1v) is 4.59. The minimum Gasteiger partial charge on any atom is -0.396 e. The van der Waals surface area contributed by atoms with Gasteiger partial charge in [0.2, 0.25) is 0 Å². The van der Waals surface area contributed by atoms with E-state index in [1.807, 2.05) is 0 Å². The van der Waals surface area contributed by atoms with E-state index in [0.717, 1.165) is 0 Å². The van der Waals surface area contributed by atoms with Crippen LogP contribution in [0.2, 0.25) is 0 Å². The lowest BCUT2D eigenvalue weighted by Gasteiger charge is -2.04. The summed E-state index contributed by atoms with van der Waals surface area (Å²) in [6, 6.07) is 0. The van der Waals surface area contributed by atoms with Gasteiger partial charge in [0.25, 0.3) is 0 Å². The molecule has 0 rings (SSSR count). The molecule has 0 bridgehead atoms. The Morgan fingerprint density at radius 3 is 2.80 bits per heavy atom. The third kappa shape index (κ3) is 6.45. The molecule has 0 aromatic heterocycles. The van der Waals surface area contributed by atoms with Crippen LogP contribution in [0.1, 0.15) is 13.3 Å². The van der Waals surface area contributed by atoms with Crippen LogP contribution in [0.15, 0.2) is 0 Å². The van der Waals surface area contributed by atoms with Crippen molar-refractivity contribution < 1.29 is 9.90 Å². The van der Waals surface area contributed by atoms with Crippen LogP contribution in [0.5, 0.6) is 0 Å². The molecule has 0 saturated carbocycles. The molecule has 0 fully saturated rings. The highest BCUT2D eigenvalue weighted by Gasteiger charge is 2.03. The van der Waals surface area contributed by atoms with Gasteiger partial charge in [0.15, 0.2) is 5.12 Å². The van der Waals surface area contributed by atoms with E-state index in [-0.39, 0.29) is 17.0 Å². The fourth-order valence-corrected chi connectivity index (χ4v) is 1.38. The van der Waals surface area contributed by atoms with Crippen LogP contribution in [0.4, 0.5) is 0 Å². The van der Waals surface area contributed by atoms with Gasteiger partial charge in [0.05, 0.1) is 0 Å². The minimum atomic E-state index is 0.108. The number of hydrogen-bond acceptors (Lipinski definition) is 4. The van der Waals surface area contributed by atoms with E-state index in [2.05, 4.69) is 12.6 Å². The summed E-state index contributed by atoms with van der Waals surface area (Å²) in [6.45, 7) is 1.68. The van der Waals surface area contributed by atoms with Gasteiger partial charge in [-0.05, 0) is 6.42 Å². The van der Waals surface area contributed by atoms with E-state index in [1.54, 1.807) is 0 Å². The highest BCUT2D eigenvalue weighted by molar-refractivity contribution is 8.13.